The van der Waals surface area contributed by atoms with Gasteiger partial charge in [-0.1, -0.05) is 18.2 Å². The number of hydrogen-bond acceptors (Lipinski definition) is 8. The molecule has 1 saturated carbocycles. The van der Waals surface area contributed by atoms with E-state index in [2.05, 4.69) is 20.5 Å². The third kappa shape index (κ3) is 7.22. The molecule has 10 nitrogen and oxygen atoms in total. The molecule has 0 bridgehead atoms. The van der Waals surface area contributed by atoms with E-state index in [0.29, 0.717) is 36.8 Å². The number of aliphatic carboxylic acids is 1. The first-order chi connectivity index (χ1) is 21.8. The van der Waals surface area contributed by atoms with Crippen LogP contribution in [-0.4, -0.2) is 49.7 Å². The number of nitrogens with zero attached hydrogens (tertiary/aromatic N) is 6. The van der Waals surface area contributed by atoms with Gasteiger partial charge in [-0.25, -0.2) is 9.37 Å². The van der Waals surface area contributed by atoms with Crippen LogP contribution in [0.5, 0.6) is 11.8 Å². The van der Waals surface area contributed by atoms with Crippen molar-refractivity contribution in [3.63, 3.8) is 0 Å². The number of nitriles is 2. The van der Waals surface area contributed by atoms with Crippen molar-refractivity contribution in [2.75, 3.05) is 13.1 Å². The zero-order valence-corrected chi connectivity index (χ0v) is 24.8. The largest absolute Gasteiger partial charge is 0.481 e. The van der Waals surface area contributed by atoms with Gasteiger partial charge >= 0.3 is 5.97 Å². The van der Waals surface area contributed by atoms with Gasteiger partial charge in [-0.15, -0.1) is 0 Å². The summed E-state index contributed by atoms with van der Waals surface area (Å²) in [6.45, 7) is 2.93. The highest BCUT2D eigenvalue weighted by Crippen LogP contribution is 2.50. The molecule has 2 fully saturated rings. The van der Waals surface area contributed by atoms with E-state index in [1.807, 2.05) is 24.3 Å². The summed E-state index contributed by atoms with van der Waals surface area (Å²) in [6.07, 6.45) is 4.02. The molecule has 0 unspecified atom stereocenters. The summed E-state index contributed by atoms with van der Waals surface area (Å²) in [4.78, 5) is 23.1. The van der Waals surface area contributed by atoms with Gasteiger partial charge in [-0.3, -0.25) is 9.69 Å². The van der Waals surface area contributed by atoms with E-state index in [9.17, 15) is 19.6 Å². The third-order valence-electron chi connectivity index (χ3n) is 8.59. The average Bonchev–Trinajstić information content (AvgIpc) is 3.71. The van der Waals surface area contributed by atoms with Gasteiger partial charge in [0.25, 0.3) is 0 Å². The SMILES string of the molecule is N#CCC1(Cn2c(CN3CCC(Oc4cccc(OCc5ccc(C#N)cc5F)n4)CC3)nc3ccc(CC(=O)O)cc32)CC1. The number of piperidine rings is 1. The standard InChI is InChI=1S/C34H33FN6O4/c35-27-16-24(19-37)4-6-25(27)21-44-31-2-1-3-32(39-31)45-26-8-14-40(15-9-26)20-30-38-28-7-5-23(18-33(42)43)17-29(28)41(30)22-34(10-11-34)12-13-36/h1-7,16-17,26H,8-12,14-15,18,20-22H2,(H,42,43). The predicted molar refractivity (Wildman–Crippen MR) is 162 cm³/mol. The number of carbonyl (C=O) groups is 1. The van der Waals surface area contributed by atoms with Crippen LogP contribution in [0, 0.1) is 33.9 Å². The molecule has 11 heteroatoms. The van der Waals surface area contributed by atoms with E-state index in [1.165, 1.54) is 12.1 Å². The molecule has 0 radical (unpaired) electrons. The van der Waals surface area contributed by atoms with Gasteiger partial charge < -0.3 is 19.1 Å². The average molecular weight is 609 g/mol. The molecule has 1 saturated heterocycles. The molecule has 4 aromatic rings. The van der Waals surface area contributed by atoms with Gasteiger partial charge in [0.05, 0.1) is 41.7 Å². The number of rotatable bonds is 12. The highest BCUT2D eigenvalue weighted by Gasteiger charge is 2.43. The van der Waals surface area contributed by atoms with E-state index in [1.54, 1.807) is 24.3 Å². The summed E-state index contributed by atoms with van der Waals surface area (Å²) in [5, 5.41) is 27.6. The Balaban J connectivity index is 1.08. The number of halogens is 1. The molecule has 230 valence electrons. The normalized spacial score (nSPS) is 16.2. The van der Waals surface area contributed by atoms with Gasteiger partial charge in [-0.2, -0.15) is 15.5 Å². The van der Waals surface area contributed by atoms with Gasteiger partial charge in [0, 0.05) is 49.2 Å². The number of ether oxygens (including phenoxy) is 2. The summed E-state index contributed by atoms with van der Waals surface area (Å²) in [6, 6.07) is 19.4. The van der Waals surface area contributed by atoms with Crippen LogP contribution in [0.3, 0.4) is 0 Å². The van der Waals surface area contributed by atoms with E-state index in [0.717, 1.165) is 61.2 Å². The number of likely N-dealkylation sites (tertiary alicyclic amines) is 1. The maximum atomic E-state index is 14.2. The van der Waals surface area contributed by atoms with Crippen LogP contribution in [-0.2, 0) is 30.9 Å². The van der Waals surface area contributed by atoms with Crippen molar-refractivity contribution in [1.29, 1.82) is 10.5 Å². The molecule has 0 atom stereocenters. The van der Waals surface area contributed by atoms with Crippen LogP contribution in [0.1, 0.15) is 54.6 Å². The maximum absolute atomic E-state index is 14.2. The molecule has 45 heavy (non-hydrogen) atoms. The van der Waals surface area contributed by atoms with E-state index in [-0.39, 0.29) is 30.1 Å². The molecule has 0 amide bonds. The number of aromatic nitrogens is 3. The van der Waals surface area contributed by atoms with Crippen molar-refractivity contribution in [3.05, 3.63) is 82.9 Å². The second-order valence-corrected chi connectivity index (χ2v) is 12.0. The van der Waals surface area contributed by atoms with Gasteiger partial charge in [0.15, 0.2) is 0 Å². The second-order valence-electron chi connectivity index (χ2n) is 12.0. The van der Waals surface area contributed by atoms with Crippen molar-refractivity contribution in [2.24, 2.45) is 5.41 Å². The summed E-state index contributed by atoms with van der Waals surface area (Å²) in [5.74, 6) is 0.315. The Labute approximate surface area is 260 Å². The number of pyridine rings is 1. The van der Waals surface area contributed by atoms with Crippen molar-refractivity contribution < 1.29 is 23.8 Å². The Morgan fingerprint density at radius 1 is 1.07 bits per heavy atom. The molecule has 2 aromatic carbocycles. The third-order valence-corrected chi connectivity index (χ3v) is 8.59. The molecule has 0 spiro atoms. The lowest BCUT2D eigenvalue weighted by molar-refractivity contribution is -0.136. The quantitative estimate of drug-likeness (QED) is 0.225. The Bertz CT molecular complexity index is 1800. The fourth-order valence-corrected chi connectivity index (χ4v) is 5.85. The highest BCUT2D eigenvalue weighted by molar-refractivity contribution is 5.79. The minimum Gasteiger partial charge on any atom is -0.481 e. The molecule has 1 aliphatic heterocycles. The number of imidazole rings is 1. The Morgan fingerprint density at radius 3 is 2.58 bits per heavy atom. The molecule has 6 rings (SSSR count). The molecule has 1 N–H and O–H groups in total. The first-order valence-corrected chi connectivity index (χ1v) is 15.1. The van der Waals surface area contributed by atoms with Crippen LogP contribution in [0.15, 0.2) is 54.6 Å². The Morgan fingerprint density at radius 2 is 1.87 bits per heavy atom. The summed E-state index contributed by atoms with van der Waals surface area (Å²) >= 11 is 0. The smallest absolute Gasteiger partial charge is 0.307 e. The summed E-state index contributed by atoms with van der Waals surface area (Å²) in [7, 11) is 0. The van der Waals surface area contributed by atoms with Crippen molar-refractivity contribution in [1.82, 2.24) is 19.4 Å². The molecule has 3 heterocycles. The van der Waals surface area contributed by atoms with E-state index in [4.69, 9.17) is 19.7 Å². The monoisotopic (exact) mass is 608 g/mol. The van der Waals surface area contributed by atoms with E-state index < -0.39 is 11.8 Å². The Kier molecular flexibility index (Phi) is 8.63. The number of benzene rings is 2. The van der Waals surface area contributed by atoms with E-state index >= 15 is 0 Å². The molecule has 2 aromatic heterocycles. The van der Waals surface area contributed by atoms with Crippen LogP contribution < -0.4 is 9.47 Å². The zero-order valence-electron chi connectivity index (χ0n) is 24.8. The summed E-state index contributed by atoms with van der Waals surface area (Å²) < 4.78 is 28.3. The minimum atomic E-state index is -0.873. The second kappa shape index (κ2) is 12.9. The van der Waals surface area contributed by atoms with Gasteiger partial charge in [0.2, 0.25) is 11.8 Å². The van der Waals surface area contributed by atoms with Gasteiger partial charge in [-0.05, 0) is 55.5 Å². The van der Waals surface area contributed by atoms with Crippen LogP contribution in [0.25, 0.3) is 11.0 Å². The molecule has 1 aliphatic carbocycles. The zero-order chi connectivity index (χ0) is 31.4. The fourth-order valence-electron chi connectivity index (χ4n) is 5.85. The van der Waals surface area contributed by atoms with Gasteiger partial charge in [0.1, 0.15) is 24.4 Å². The van der Waals surface area contributed by atoms with Crippen molar-refractivity contribution in [3.8, 4) is 23.9 Å². The maximum Gasteiger partial charge on any atom is 0.307 e. The summed E-state index contributed by atoms with van der Waals surface area (Å²) in [5.41, 5.74) is 3.03. The number of carboxylic acids is 1. The van der Waals surface area contributed by atoms with Crippen LogP contribution >= 0.6 is 0 Å². The number of carboxylic acid groups (broad SMARTS) is 1. The van der Waals surface area contributed by atoms with Crippen LogP contribution in [0.2, 0.25) is 0 Å². The lowest BCUT2D eigenvalue weighted by atomic mass is 10.0. The first kappa shape index (κ1) is 30.0. The minimum absolute atomic E-state index is 0.0182. The topological polar surface area (TPSA) is 137 Å². The Hall–Kier alpha value is -5.00. The lowest BCUT2D eigenvalue weighted by Gasteiger charge is -2.32. The molecular formula is C34H33FN6O4. The van der Waals surface area contributed by atoms with Crippen LogP contribution in [0.4, 0.5) is 4.39 Å². The fraction of sp³-hybridized carbons (Fsp3) is 0.382. The van der Waals surface area contributed by atoms with Crippen molar-refractivity contribution in [2.45, 2.75) is 64.3 Å². The highest BCUT2D eigenvalue weighted by atomic mass is 19.1. The van der Waals surface area contributed by atoms with Crippen molar-refractivity contribution >= 4 is 17.0 Å². The number of fused-ring (bicyclic) bond motifs is 1. The molecular weight excluding hydrogens is 575 g/mol. The predicted octanol–water partition coefficient (Wildman–Crippen LogP) is 5.39. The molecule has 2 aliphatic rings. The first-order valence-electron chi connectivity index (χ1n) is 15.1. The lowest BCUT2D eigenvalue weighted by Crippen LogP contribution is -2.38. The number of hydrogen-bond donors (Lipinski definition) is 1.